The van der Waals surface area contributed by atoms with E-state index in [1.807, 2.05) is 0 Å². The number of nitrogens with one attached hydrogen (secondary N) is 1. The second-order valence-corrected chi connectivity index (χ2v) is 7.19. The minimum atomic E-state index is -1.48. The van der Waals surface area contributed by atoms with Gasteiger partial charge in [-0.2, -0.15) is 0 Å². The molecule has 0 spiro atoms. The fourth-order valence-corrected chi connectivity index (χ4v) is 3.25. The van der Waals surface area contributed by atoms with Crippen LogP contribution in [0.25, 0.3) is 0 Å². The summed E-state index contributed by atoms with van der Waals surface area (Å²) in [7, 11) is 0. The molecular weight excluding hydrogens is 440 g/mol. The van der Waals surface area contributed by atoms with Crippen molar-refractivity contribution >= 4 is 35.5 Å². The zero-order valence-corrected chi connectivity index (χ0v) is 18.6. The Labute approximate surface area is 189 Å². The van der Waals surface area contributed by atoms with Gasteiger partial charge in [0.2, 0.25) is 6.29 Å². The number of esters is 4. The van der Waals surface area contributed by atoms with Gasteiger partial charge in [0.1, 0.15) is 18.8 Å². The first-order chi connectivity index (χ1) is 15.5. The van der Waals surface area contributed by atoms with E-state index < -0.39 is 67.0 Å². The van der Waals surface area contributed by atoms with Crippen LogP contribution in [-0.2, 0) is 42.9 Å². The SMILES string of the molecule is CC(=O)OCC1OC(OC(C)=O)C(NC(=O)c2ccccc2N)C(OC(C)=O)[C@@H]1OC(C)=O. The second kappa shape index (κ2) is 11.3. The fraction of sp³-hybridized carbons (Fsp3) is 0.476. The molecule has 0 aromatic heterocycles. The molecule has 1 aliphatic heterocycles. The van der Waals surface area contributed by atoms with Gasteiger partial charge in [-0.3, -0.25) is 24.0 Å². The van der Waals surface area contributed by atoms with Crippen LogP contribution in [-0.4, -0.2) is 67.0 Å². The lowest BCUT2D eigenvalue weighted by Gasteiger charge is -2.44. The van der Waals surface area contributed by atoms with Crippen molar-refractivity contribution < 1.29 is 47.7 Å². The number of para-hydroxylation sites is 1. The Hall–Kier alpha value is -3.67. The minimum Gasteiger partial charge on any atom is -0.463 e. The molecule has 4 unspecified atom stereocenters. The molecule has 0 bridgehead atoms. The summed E-state index contributed by atoms with van der Waals surface area (Å²) in [6.07, 6.45) is -5.33. The lowest BCUT2D eigenvalue weighted by atomic mass is 9.95. The average molecular weight is 466 g/mol. The molecule has 12 nitrogen and oxygen atoms in total. The molecule has 12 heteroatoms. The number of hydrogen-bond donors (Lipinski definition) is 2. The van der Waals surface area contributed by atoms with Crippen molar-refractivity contribution in [1.82, 2.24) is 5.32 Å². The van der Waals surface area contributed by atoms with Gasteiger partial charge in [0.15, 0.2) is 12.2 Å². The second-order valence-electron chi connectivity index (χ2n) is 7.19. The number of nitrogens with two attached hydrogens (primary N) is 1. The van der Waals surface area contributed by atoms with Crippen LogP contribution in [0.2, 0.25) is 0 Å². The number of carbonyl (C=O) groups excluding carboxylic acids is 5. The molecule has 1 aromatic carbocycles. The topological polar surface area (TPSA) is 170 Å². The van der Waals surface area contributed by atoms with Crippen molar-refractivity contribution in [3.05, 3.63) is 29.8 Å². The van der Waals surface area contributed by atoms with E-state index >= 15 is 0 Å². The van der Waals surface area contributed by atoms with Crippen LogP contribution in [0.5, 0.6) is 0 Å². The molecule has 1 saturated heterocycles. The maximum Gasteiger partial charge on any atom is 0.305 e. The highest BCUT2D eigenvalue weighted by atomic mass is 16.7. The molecule has 0 aliphatic carbocycles. The van der Waals surface area contributed by atoms with Crippen molar-refractivity contribution in [3.8, 4) is 0 Å². The first kappa shape index (κ1) is 25.6. The summed E-state index contributed by atoms with van der Waals surface area (Å²) in [5.41, 5.74) is 6.13. The first-order valence-corrected chi connectivity index (χ1v) is 9.95. The van der Waals surface area contributed by atoms with E-state index in [0.717, 1.165) is 27.7 Å². The summed E-state index contributed by atoms with van der Waals surface area (Å²) >= 11 is 0. The molecule has 33 heavy (non-hydrogen) atoms. The summed E-state index contributed by atoms with van der Waals surface area (Å²) in [6, 6.07) is 4.89. The van der Waals surface area contributed by atoms with Gasteiger partial charge in [0.05, 0.1) is 5.56 Å². The van der Waals surface area contributed by atoms with Crippen LogP contribution in [0, 0.1) is 0 Å². The van der Waals surface area contributed by atoms with E-state index in [-0.39, 0.29) is 11.3 Å². The Morgan fingerprint density at radius 2 is 1.45 bits per heavy atom. The van der Waals surface area contributed by atoms with E-state index in [2.05, 4.69) is 5.32 Å². The van der Waals surface area contributed by atoms with Crippen molar-refractivity contribution in [2.45, 2.75) is 58.3 Å². The zero-order valence-electron chi connectivity index (χ0n) is 18.6. The van der Waals surface area contributed by atoms with Crippen molar-refractivity contribution in [2.75, 3.05) is 12.3 Å². The Morgan fingerprint density at radius 1 is 0.879 bits per heavy atom. The number of hydrogen-bond acceptors (Lipinski definition) is 11. The number of rotatable bonds is 7. The minimum absolute atomic E-state index is 0.103. The van der Waals surface area contributed by atoms with Crippen LogP contribution < -0.4 is 11.1 Å². The Kier molecular flexibility index (Phi) is 8.74. The van der Waals surface area contributed by atoms with Gasteiger partial charge in [-0.25, -0.2) is 0 Å². The van der Waals surface area contributed by atoms with E-state index in [4.69, 9.17) is 29.4 Å². The molecule has 1 heterocycles. The third kappa shape index (κ3) is 7.17. The molecule has 1 amide bonds. The van der Waals surface area contributed by atoms with Gasteiger partial charge in [-0.1, -0.05) is 12.1 Å². The van der Waals surface area contributed by atoms with E-state index in [1.54, 1.807) is 12.1 Å². The molecule has 180 valence electrons. The predicted molar refractivity (Wildman–Crippen MR) is 110 cm³/mol. The van der Waals surface area contributed by atoms with Gasteiger partial charge in [-0.15, -0.1) is 0 Å². The first-order valence-electron chi connectivity index (χ1n) is 9.95. The molecule has 1 aliphatic rings. The Bertz CT molecular complexity index is 918. The molecular formula is C21H26N2O10. The maximum atomic E-state index is 12.9. The van der Waals surface area contributed by atoms with Gasteiger partial charge in [0.25, 0.3) is 5.91 Å². The smallest absolute Gasteiger partial charge is 0.305 e. The molecule has 1 fully saturated rings. The highest BCUT2D eigenvalue weighted by molar-refractivity contribution is 5.99. The number of nitrogen functional groups attached to an aromatic ring is 1. The average Bonchev–Trinajstić information content (AvgIpc) is 2.70. The van der Waals surface area contributed by atoms with E-state index in [0.29, 0.717) is 0 Å². The van der Waals surface area contributed by atoms with Crippen LogP contribution in [0.4, 0.5) is 5.69 Å². The standard InChI is InChI=1S/C21H26N2O10/c1-10(24)29-9-16-18(30-11(2)25)19(31-12(3)26)17(21(33-16)32-13(4)27)23-20(28)14-7-5-6-8-15(14)22/h5-8,16-19,21H,9,22H2,1-4H3,(H,23,28)/t16?,17?,18-,19?,21?/m1/s1. The molecule has 2 rings (SSSR count). The van der Waals surface area contributed by atoms with Crippen molar-refractivity contribution in [1.29, 1.82) is 0 Å². The summed E-state index contributed by atoms with van der Waals surface area (Å²) in [5.74, 6) is -3.63. The quantitative estimate of drug-likeness (QED) is 0.317. The summed E-state index contributed by atoms with van der Waals surface area (Å²) in [6.45, 7) is 4.08. The van der Waals surface area contributed by atoms with Gasteiger partial charge < -0.3 is 34.7 Å². The number of ether oxygens (including phenoxy) is 5. The predicted octanol–water partition coefficient (Wildman–Crippen LogP) is 0.0817. The number of benzene rings is 1. The molecule has 0 radical (unpaired) electrons. The van der Waals surface area contributed by atoms with Crippen LogP contribution in [0.1, 0.15) is 38.1 Å². The van der Waals surface area contributed by atoms with E-state index in [9.17, 15) is 24.0 Å². The Balaban J connectivity index is 2.47. The lowest BCUT2D eigenvalue weighted by molar-refractivity contribution is -0.270. The summed E-state index contributed by atoms with van der Waals surface area (Å²) in [5, 5.41) is 2.58. The zero-order chi connectivity index (χ0) is 24.7. The molecule has 0 saturated carbocycles. The number of carbonyl (C=O) groups is 5. The normalized spacial score (nSPS) is 24.2. The van der Waals surface area contributed by atoms with Gasteiger partial charge in [-0.05, 0) is 12.1 Å². The monoisotopic (exact) mass is 466 g/mol. The molecule has 1 aromatic rings. The fourth-order valence-electron chi connectivity index (χ4n) is 3.25. The maximum absolute atomic E-state index is 12.9. The van der Waals surface area contributed by atoms with Crippen molar-refractivity contribution in [2.24, 2.45) is 0 Å². The number of amides is 1. The Morgan fingerprint density at radius 3 is 2.00 bits per heavy atom. The highest BCUT2D eigenvalue weighted by Gasteiger charge is 2.52. The van der Waals surface area contributed by atoms with E-state index in [1.165, 1.54) is 12.1 Å². The highest BCUT2D eigenvalue weighted by Crippen LogP contribution is 2.28. The van der Waals surface area contributed by atoms with Crippen LogP contribution >= 0.6 is 0 Å². The lowest BCUT2D eigenvalue weighted by Crippen LogP contribution is -2.67. The summed E-state index contributed by atoms with van der Waals surface area (Å²) in [4.78, 5) is 59.6. The molecule has 3 N–H and O–H groups in total. The third-order valence-corrected chi connectivity index (χ3v) is 4.49. The third-order valence-electron chi connectivity index (χ3n) is 4.49. The largest absolute Gasteiger partial charge is 0.463 e. The molecule has 5 atom stereocenters. The summed E-state index contributed by atoms with van der Waals surface area (Å²) < 4.78 is 26.5. The number of anilines is 1. The van der Waals surface area contributed by atoms with Crippen molar-refractivity contribution in [3.63, 3.8) is 0 Å². The van der Waals surface area contributed by atoms with Crippen LogP contribution in [0.3, 0.4) is 0 Å². The van der Waals surface area contributed by atoms with Gasteiger partial charge >= 0.3 is 23.9 Å². The van der Waals surface area contributed by atoms with Gasteiger partial charge in [0, 0.05) is 33.4 Å². The van der Waals surface area contributed by atoms with Crippen LogP contribution in [0.15, 0.2) is 24.3 Å².